The molecule has 1 unspecified atom stereocenters. The van der Waals surface area contributed by atoms with Crippen LogP contribution in [0.4, 0.5) is 0 Å². The van der Waals surface area contributed by atoms with E-state index in [2.05, 4.69) is 34.4 Å². The van der Waals surface area contributed by atoms with E-state index in [1.165, 1.54) is 0 Å². The lowest BCUT2D eigenvalue weighted by atomic mass is 10.0. The zero-order valence-electron chi connectivity index (χ0n) is 15.7. The van der Waals surface area contributed by atoms with Crippen LogP contribution < -0.4 is 10.6 Å². The third kappa shape index (κ3) is 5.95. The van der Waals surface area contributed by atoms with Crippen LogP contribution in [0.2, 0.25) is 0 Å². The Labute approximate surface area is 154 Å². The van der Waals surface area contributed by atoms with Crippen molar-refractivity contribution in [2.75, 3.05) is 6.54 Å². The van der Waals surface area contributed by atoms with Crippen molar-refractivity contribution in [3.05, 3.63) is 59.2 Å². The molecular weight excluding hydrogens is 328 g/mol. The van der Waals surface area contributed by atoms with E-state index in [1.54, 1.807) is 36.7 Å². The number of amides is 2. The van der Waals surface area contributed by atoms with Crippen LogP contribution in [-0.2, 0) is 0 Å². The maximum absolute atomic E-state index is 12.4. The summed E-state index contributed by atoms with van der Waals surface area (Å²) >= 11 is 0. The van der Waals surface area contributed by atoms with Gasteiger partial charge in [0.1, 0.15) is 0 Å². The molecule has 0 saturated heterocycles. The molecule has 0 aliphatic heterocycles. The molecule has 2 rings (SSSR count). The first-order chi connectivity index (χ1) is 12.3. The normalized spacial score (nSPS) is 11.9. The first-order valence-corrected chi connectivity index (χ1v) is 8.79. The lowest BCUT2D eigenvalue weighted by Crippen LogP contribution is -2.44. The number of hydrogen-bond acceptors (Lipinski definition) is 4. The Kier molecular flexibility index (Phi) is 6.83. The van der Waals surface area contributed by atoms with E-state index in [1.807, 2.05) is 13.8 Å². The van der Waals surface area contributed by atoms with E-state index < -0.39 is 0 Å². The average Bonchev–Trinajstić information content (AvgIpc) is 2.60. The Bertz CT molecular complexity index is 739. The molecule has 2 heterocycles. The molecule has 0 radical (unpaired) electrons. The van der Waals surface area contributed by atoms with Gasteiger partial charge in [0, 0.05) is 36.4 Å². The third-order valence-electron chi connectivity index (χ3n) is 3.95. The molecule has 6 heteroatoms. The number of nitrogens with one attached hydrogen (secondary N) is 2. The molecule has 0 aliphatic rings. The van der Waals surface area contributed by atoms with Gasteiger partial charge in [-0.3, -0.25) is 19.6 Å². The Morgan fingerprint density at radius 3 is 1.92 bits per heavy atom. The number of carbonyl (C=O) groups excluding carboxylic acids is 2. The van der Waals surface area contributed by atoms with Crippen molar-refractivity contribution in [3.8, 4) is 0 Å². The Balaban J connectivity index is 1.97. The number of nitrogens with zero attached hydrogens (tertiary/aromatic N) is 2. The molecule has 0 bridgehead atoms. The molecule has 0 fully saturated rings. The van der Waals surface area contributed by atoms with Gasteiger partial charge in [0.2, 0.25) is 0 Å². The number of pyridine rings is 2. The Morgan fingerprint density at radius 2 is 1.46 bits per heavy atom. The molecule has 26 heavy (non-hydrogen) atoms. The average molecular weight is 354 g/mol. The molecule has 0 aromatic carbocycles. The monoisotopic (exact) mass is 354 g/mol. The van der Waals surface area contributed by atoms with E-state index in [0.717, 1.165) is 17.8 Å². The third-order valence-corrected chi connectivity index (χ3v) is 3.95. The van der Waals surface area contributed by atoms with Crippen LogP contribution in [0.15, 0.2) is 36.7 Å². The van der Waals surface area contributed by atoms with Crippen LogP contribution in [0.25, 0.3) is 0 Å². The Morgan fingerprint density at radius 1 is 0.923 bits per heavy atom. The highest BCUT2D eigenvalue weighted by Crippen LogP contribution is 2.07. The fourth-order valence-corrected chi connectivity index (χ4v) is 2.55. The van der Waals surface area contributed by atoms with Crippen molar-refractivity contribution in [3.63, 3.8) is 0 Å². The lowest BCUT2D eigenvalue weighted by molar-refractivity contribution is 0.0903. The number of hydrogen-bond donors (Lipinski definition) is 2. The van der Waals surface area contributed by atoms with Crippen LogP contribution in [0.1, 0.15) is 52.4 Å². The van der Waals surface area contributed by atoms with Gasteiger partial charge in [0.05, 0.1) is 11.1 Å². The first-order valence-electron chi connectivity index (χ1n) is 8.79. The van der Waals surface area contributed by atoms with Crippen molar-refractivity contribution in [1.82, 2.24) is 20.6 Å². The minimum atomic E-state index is -0.197. The summed E-state index contributed by atoms with van der Waals surface area (Å²) in [5.41, 5.74) is 2.74. The van der Waals surface area contributed by atoms with Gasteiger partial charge in [0.15, 0.2) is 0 Å². The lowest BCUT2D eigenvalue weighted by Gasteiger charge is -2.21. The van der Waals surface area contributed by atoms with Crippen LogP contribution >= 0.6 is 0 Å². The summed E-state index contributed by atoms with van der Waals surface area (Å²) in [5.74, 6) is 0.00120. The SMILES string of the molecule is Cc1ccc(C(=O)NCC(CC(C)C)NC(=O)c2ccc(C)nc2)cn1. The minimum Gasteiger partial charge on any atom is -0.350 e. The topological polar surface area (TPSA) is 84.0 Å². The van der Waals surface area contributed by atoms with Crippen molar-refractivity contribution in [2.45, 2.75) is 40.2 Å². The smallest absolute Gasteiger partial charge is 0.253 e. The number of carbonyl (C=O) groups is 2. The van der Waals surface area contributed by atoms with Crippen molar-refractivity contribution in [1.29, 1.82) is 0 Å². The largest absolute Gasteiger partial charge is 0.350 e. The zero-order chi connectivity index (χ0) is 19.1. The van der Waals surface area contributed by atoms with Gasteiger partial charge in [0.25, 0.3) is 11.8 Å². The summed E-state index contributed by atoms with van der Waals surface area (Å²) in [7, 11) is 0. The zero-order valence-corrected chi connectivity index (χ0v) is 15.7. The second-order valence-corrected chi connectivity index (χ2v) is 6.89. The highest BCUT2D eigenvalue weighted by molar-refractivity contribution is 5.95. The van der Waals surface area contributed by atoms with Crippen LogP contribution in [0.5, 0.6) is 0 Å². The second kappa shape index (κ2) is 9.08. The van der Waals surface area contributed by atoms with Crippen molar-refractivity contribution >= 4 is 11.8 Å². The fourth-order valence-electron chi connectivity index (χ4n) is 2.55. The summed E-state index contributed by atoms with van der Waals surface area (Å²) in [5, 5.41) is 5.87. The Hall–Kier alpha value is -2.76. The van der Waals surface area contributed by atoms with E-state index in [0.29, 0.717) is 23.6 Å². The van der Waals surface area contributed by atoms with Gasteiger partial charge in [-0.15, -0.1) is 0 Å². The number of rotatable bonds is 7. The highest BCUT2D eigenvalue weighted by Gasteiger charge is 2.17. The van der Waals surface area contributed by atoms with Gasteiger partial charge in [-0.25, -0.2) is 0 Å². The quantitative estimate of drug-likeness (QED) is 0.801. The molecule has 0 aliphatic carbocycles. The summed E-state index contributed by atoms with van der Waals surface area (Å²) in [6.45, 7) is 8.26. The first kappa shape index (κ1) is 19.6. The maximum Gasteiger partial charge on any atom is 0.253 e. The molecule has 1 atom stereocenters. The van der Waals surface area contributed by atoms with Crippen molar-refractivity contribution in [2.24, 2.45) is 5.92 Å². The molecule has 6 nitrogen and oxygen atoms in total. The number of aryl methyl sites for hydroxylation is 2. The van der Waals surface area contributed by atoms with Crippen LogP contribution in [0.3, 0.4) is 0 Å². The molecule has 2 N–H and O–H groups in total. The molecule has 0 saturated carbocycles. The van der Waals surface area contributed by atoms with Crippen molar-refractivity contribution < 1.29 is 9.59 Å². The predicted molar refractivity (Wildman–Crippen MR) is 101 cm³/mol. The second-order valence-electron chi connectivity index (χ2n) is 6.89. The summed E-state index contributed by atoms with van der Waals surface area (Å²) < 4.78 is 0. The molecule has 2 aromatic rings. The molecule has 0 spiro atoms. The van der Waals surface area contributed by atoms with E-state index >= 15 is 0 Å². The van der Waals surface area contributed by atoms with E-state index in [9.17, 15) is 9.59 Å². The standard InChI is InChI=1S/C20H26N4O2/c1-13(2)9-18(24-20(26)17-8-6-15(4)22-11-17)12-23-19(25)16-7-5-14(3)21-10-16/h5-8,10-11,13,18H,9,12H2,1-4H3,(H,23,25)(H,24,26). The van der Waals surface area contributed by atoms with E-state index in [4.69, 9.17) is 0 Å². The summed E-state index contributed by atoms with van der Waals surface area (Å²) in [6.07, 6.45) is 3.88. The molecule has 2 aromatic heterocycles. The molecular formula is C20H26N4O2. The minimum absolute atomic E-state index is 0.161. The summed E-state index contributed by atoms with van der Waals surface area (Å²) in [6, 6.07) is 6.93. The van der Waals surface area contributed by atoms with Gasteiger partial charge >= 0.3 is 0 Å². The number of aromatic nitrogens is 2. The van der Waals surface area contributed by atoms with Crippen LogP contribution in [0, 0.1) is 19.8 Å². The predicted octanol–water partition coefficient (Wildman–Crippen LogP) is 2.67. The van der Waals surface area contributed by atoms with E-state index in [-0.39, 0.29) is 17.9 Å². The fraction of sp³-hybridized carbons (Fsp3) is 0.400. The highest BCUT2D eigenvalue weighted by atomic mass is 16.2. The van der Waals surface area contributed by atoms with Crippen LogP contribution in [-0.4, -0.2) is 34.4 Å². The van der Waals surface area contributed by atoms with Gasteiger partial charge in [-0.2, -0.15) is 0 Å². The van der Waals surface area contributed by atoms with Gasteiger partial charge in [-0.1, -0.05) is 13.8 Å². The molecule has 138 valence electrons. The summed E-state index contributed by atoms with van der Waals surface area (Å²) in [4.78, 5) is 33.0. The van der Waals surface area contributed by atoms with Gasteiger partial charge in [-0.05, 0) is 50.5 Å². The maximum atomic E-state index is 12.4. The van der Waals surface area contributed by atoms with Gasteiger partial charge < -0.3 is 10.6 Å². The molecule has 2 amide bonds.